The summed E-state index contributed by atoms with van der Waals surface area (Å²) in [7, 11) is -3.68. The number of halogens is 2. The molecule has 0 fully saturated rings. The number of nitrogens with zero attached hydrogens (tertiary/aromatic N) is 2. The maximum absolute atomic E-state index is 14.0. The quantitative estimate of drug-likeness (QED) is 0.167. The van der Waals surface area contributed by atoms with E-state index in [9.17, 15) is 18.0 Å². The monoisotopic (exact) mass is 661 g/mol. The zero-order valence-electron chi connectivity index (χ0n) is 25.5. The summed E-state index contributed by atoms with van der Waals surface area (Å²) in [6, 6.07) is 20.8. The van der Waals surface area contributed by atoms with Crippen LogP contribution in [0.2, 0.25) is 10.0 Å². The van der Waals surface area contributed by atoms with Gasteiger partial charge in [0.25, 0.3) is 0 Å². The number of anilines is 1. The molecule has 0 aliphatic rings. The summed E-state index contributed by atoms with van der Waals surface area (Å²) in [5.41, 5.74) is 2.04. The molecule has 1 N–H and O–H groups in total. The van der Waals surface area contributed by atoms with Crippen LogP contribution in [0.15, 0.2) is 72.8 Å². The Morgan fingerprint density at radius 3 is 2.27 bits per heavy atom. The standard InChI is InChI=1S/C33H41Cl2N3O5S/c1-4-6-20-36-33(40)30(23-25-13-8-7-9-14-25)37(24-26-18-19-27(34)28(35)22-26)32(39)17-12-21-38(44(3,41)42)29-15-10-11-16-31(29)43-5-2/h7-11,13-16,18-19,22,30H,4-6,12,17,20-21,23-24H2,1-3H3,(H,36,40)/t30-/m0/s1. The Morgan fingerprint density at radius 1 is 0.909 bits per heavy atom. The molecule has 2 amide bonds. The van der Waals surface area contributed by atoms with Gasteiger partial charge in [-0.3, -0.25) is 13.9 Å². The van der Waals surface area contributed by atoms with Crippen molar-refractivity contribution in [2.75, 3.05) is 30.3 Å². The first-order chi connectivity index (χ1) is 21.0. The lowest BCUT2D eigenvalue weighted by molar-refractivity contribution is -0.141. The van der Waals surface area contributed by atoms with E-state index in [1.165, 1.54) is 4.31 Å². The molecule has 0 aliphatic heterocycles. The molecule has 0 saturated carbocycles. The molecule has 8 nitrogen and oxygen atoms in total. The number of benzene rings is 3. The zero-order valence-corrected chi connectivity index (χ0v) is 27.8. The predicted molar refractivity (Wildman–Crippen MR) is 178 cm³/mol. The molecule has 3 rings (SSSR count). The molecular weight excluding hydrogens is 621 g/mol. The highest BCUT2D eigenvalue weighted by molar-refractivity contribution is 7.92. The van der Waals surface area contributed by atoms with Crippen LogP contribution in [0, 0.1) is 0 Å². The number of ether oxygens (including phenoxy) is 1. The van der Waals surface area contributed by atoms with Crippen LogP contribution < -0.4 is 14.4 Å². The van der Waals surface area contributed by atoms with Crippen molar-refractivity contribution >= 4 is 50.7 Å². The van der Waals surface area contributed by atoms with E-state index in [1.54, 1.807) is 47.4 Å². The molecule has 0 saturated heterocycles. The summed E-state index contributed by atoms with van der Waals surface area (Å²) in [6.45, 7) is 4.92. The average molecular weight is 663 g/mol. The summed E-state index contributed by atoms with van der Waals surface area (Å²) in [6.07, 6.45) is 3.40. The maximum Gasteiger partial charge on any atom is 0.243 e. The molecule has 0 radical (unpaired) electrons. The fourth-order valence-corrected chi connectivity index (χ4v) is 6.11. The van der Waals surface area contributed by atoms with Crippen molar-refractivity contribution < 1.29 is 22.7 Å². The molecule has 0 heterocycles. The Kier molecular flexibility index (Phi) is 13.8. The highest BCUT2D eigenvalue weighted by atomic mass is 35.5. The second kappa shape index (κ2) is 17.3. The Bertz CT molecular complexity index is 1490. The average Bonchev–Trinajstić information content (AvgIpc) is 2.99. The topological polar surface area (TPSA) is 96.0 Å². The summed E-state index contributed by atoms with van der Waals surface area (Å²) in [5.74, 6) is -0.0898. The minimum Gasteiger partial charge on any atom is -0.492 e. The number of hydrogen-bond acceptors (Lipinski definition) is 5. The summed E-state index contributed by atoms with van der Waals surface area (Å²) < 4.78 is 32.6. The number of sulfonamides is 1. The first-order valence-electron chi connectivity index (χ1n) is 14.8. The summed E-state index contributed by atoms with van der Waals surface area (Å²) in [5, 5.41) is 3.73. The third-order valence-electron chi connectivity index (χ3n) is 7.02. The highest BCUT2D eigenvalue weighted by Crippen LogP contribution is 2.30. The van der Waals surface area contributed by atoms with Crippen LogP contribution in [0.4, 0.5) is 5.69 Å². The van der Waals surface area contributed by atoms with Crippen molar-refractivity contribution in [1.82, 2.24) is 10.2 Å². The van der Waals surface area contributed by atoms with Crippen LogP contribution in [-0.4, -0.2) is 57.1 Å². The van der Waals surface area contributed by atoms with Gasteiger partial charge in [0, 0.05) is 32.5 Å². The number of carbonyl (C=O) groups is 2. The molecule has 0 bridgehead atoms. The van der Waals surface area contributed by atoms with E-state index >= 15 is 0 Å². The number of hydrogen-bond donors (Lipinski definition) is 1. The van der Waals surface area contributed by atoms with E-state index < -0.39 is 16.1 Å². The van der Waals surface area contributed by atoms with Gasteiger partial charge in [-0.2, -0.15) is 0 Å². The lowest BCUT2D eigenvalue weighted by Gasteiger charge is -2.32. The van der Waals surface area contributed by atoms with Gasteiger partial charge < -0.3 is 15.0 Å². The summed E-state index contributed by atoms with van der Waals surface area (Å²) in [4.78, 5) is 29.2. The Hall–Kier alpha value is -3.27. The van der Waals surface area contributed by atoms with Crippen LogP contribution in [-0.2, 0) is 32.6 Å². The second-order valence-corrected chi connectivity index (χ2v) is 13.2. The first kappa shape index (κ1) is 35.2. The number of rotatable bonds is 17. The Labute approximate surface area is 271 Å². The van der Waals surface area contributed by atoms with Gasteiger partial charge in [-0.05, 0) is 55.2 Å². The van der Waals surface area contributed by atoms with E-state index in [0.29, 0.717) is 41.1 Å². The largest absolute Gasteiger partial charge is 0.492 e. The number of para-hydroxylation sites is 2. The van der Waals surface area contributed by atoms with E-state index in [2.05, 4.69) is 5.32 Å². The minimum absolute atomic E-state index is 0.0116. The molecule has 1 atom stereocenters. The molecule has 3 aromatic carbocycles. The Morgan fingerprint density at radius 2 is 1.61 bits per heavy atom. The van der Waals surface area contributed by atoms with E-state index in [1.807, 2.05) is 44.2 Å². The van der Waals surface area contributed by atoms with Gasteiger partial charge >= 0.3 is 0 Å². The number of nitrogens with one attached hydrogen (secondary N) is 1. The molecule has 0 aliphatic carbocycles. The fourth-order valence-electron chi connectivity index (χ4n) is 4.82. The Balaban J connectivity index is 1.91. The molecule has 238 valence electrons. The van der Waals surface area contributed by atoms with Crippen LogP contribution in [0.5, 0.6) is 5.75 Å². The van der Waals surface area contributed by atoms with Crippen molar-refractivity contribution in [3.8, 4) is 5.75 Å². The van der Waals surface area contributed by atoms with Crippen molar-refractivity contribution in [1.29, 1.82) is 0 Å². The third-order valence-corrected chi connectivity index (χ3v) is 8.94. The van der Waals surface area contributed by atoms with Crippen molar-refractivity contribution in [2.45, 2.75) is 58.5 Å². The van der Waals surface area contributed by atoms with Gasteiger partial charge in [0.1, 0.15) is 11.8 Å². The molecule has 0 aromatic heterocycles. The number of carbonyl (C=O) groups excluding carboxylic acids is 2. The van der Waals surface area contributed by atoms with Gasteiger partial charge in [-0.1, -0.05) is 85.1 Å². The lowest BCUT2D eigenvalue weighted by Crippen LogP contribution is -2.50. The minimum atomic E-state index is -3.68. The molecular formula is C33H41Cl2N3O5S. The smallest absolute Gasteiger partial charge is 0.243 e. The maximum atomic E-state index is 14.0. The normalized spacial score (nSPS) is 11.9. The van der Waals surface area contributed by atoms with Gasteiger partial charge in [-0.15, -0.1) is 0 Å². The predicted octanol–water partition coefficient (Wildman–Crippen LogP) is 6.49. The van der Waals surface area contributed by atoms with E-state index in [-0.39, 0.29) is 37.7 Å². The molecule has 3 aromatic rings. The van der Waals surface area contributed by atoms with Gasteiger partial charge in [0.05, 0.1) is 28.6 Å². The van der Waals surface area contributed by atoms with Crippen LogP contribution in [0.3, 0.4) is 0 Å². The first-order valence-corrected chi connectivity index (χ1v) is 17.4. The SMILES string of the molecule is CCCCNC(=O)[C@H](Cc1ccccc1)N(Cc1ccc(Cl)c(Cl)c1)C(=O)CCCN(c1ccccc1OCC)S(C)(=O)=O. The molecule has 0 unspecified atom stereocenters. The van der Waals surface area contributed by atoms with Crippen LogP contribution in [0.25, 0.3) is 0 Å². The zero-order chi connectivity index (χ0) is 32.1. The number of amides is 2. The van der Waals surface area contributed by atoms with Crippen LogP contribution in [0.1, 0.15) is 50.7 Å². The van der Waals surface area contributed by atoms with E-state index in [0.717, 1.165) is 30.2 Å². The molecule has 0 spiro atoms. The van der Waals surface area contributed by atoms with Crippen molar-refractivity contribution in [2.24, 2.45) is 0 Å². The molecule has 44 heavy (non-hydrogen) atoms. The van der Waals surface area contributed by atoms with Crippen LogP contribution >= 0.6 is 23.2 Å². The van der Waals surface area contributed by atoms with Crippen molar-refractivity contribution in [3.05, 3.63) is 94.0 Å². The highest BCUT2D eigenvalue weighted by Gasteiger charge is 2.31. The summed E-state index contributed by atoms with van der Waals surface area (Å²) >= 11 is 12.4. The van der Waals surface area contributed by atoms with Gasteiger partial charge in [0.2, 0.25) is 21.8 Å². The van der Waals surface area contributed by atoms with Gasteiger partial charge in [-0.25, -0.2) is 8.42 Å². The third kappa shape index (κ3) is 10.4. The van der Waals surface area contributed by atoms with E-state index in [4.69, 9.17) is 27.9 Å². The van der Waals surface area contributed by atoms with Crippen molar-refractivity contribution in [3.63, 3.8) is 0 Å². The molecule has 11 heteroatoms. The second-order valence-electron chi connectivity index (χ2n) is 10.5. The fraction of sp³-hybridized carbons (Fsp3) is 0.394. The number of unbranched alkanes of at least 4 members (excludes halogenated alkanes) is 1. The lowest BCUT2D eigenvalue weighted by atomic mass is 10.0. The van der Waals surface area contributed by atoms with Gasteiger partial charge in [0.15, 0.2) is 0 Å².